The number of halogens is 1. The molecule has 0 unspecified atom stereocenters. The van der Waals surface area contributed by atoms with Crippen LogP contribution in [0.15, 0.2) is 45.9 Å². The summed E-state index contributed by atoms with van der Waals surface area (Å²) in [6.07, 6.45) is 2.79. The summed E-state index contributed by atoms with van der Waals surface area (Å²) in [4.78, 5) is 53.3. The Morgan fingerprint density at radius 3 is 2.43 bits per heavy atom. The van der Waals surface area contributed by atoms with Crippen LogP contribution in [0.25, 0.3) is 10.9 Å². The third-order valence-corrected chi connectivity index (χ3v) is 6.58. The molecule has 1 aromatic carbocycles. The van der Waals surface area contributed by atoms with Crippen molar-refractivity contribution >= 4 is 34.4 Å². The topological polar surface area (TPSA) is 128 Å². The lowest BCUT2D eigenvalue weighted by Crippen LogP contribution is -2.51. The van der Waals surface area contributed by atoms with Gasteiger partial charge in [-0.2, -0.15) is 0 Å². The van der Waals surface area contributed by atoms with Crippen LogP contribution in [0.5, 0.6) is 0 Å². The number of carboxylic acid groups (broad SMARTS) is 1. The first kappa shape index (κ1) is 25.9. The molecule has 3 heterocycles. The van der Waals surface area contributed by atoms with Gasteiger partial charge in [0.05, 0.1) is 29.5 Å². The lowest BCUT2D eigenvalue weighted by atomic mass is 10.0. The summed E-state index contributed by atoms with van der Waals surface area (Å²) in [7, 11) is 0. The number of fused-ring (bicyclic) bond motifs is 1. The first-order valence-electron chi connectivity index (χ1n) is 12.1. The van der Waals surface area contributed by atoms with Gasteiger partial charge in [0.25, 0.3) is 11.8 Å². The number of hydrogen-bond donors (Lipinski definition) is 1. The zero-order chi connectivity index (χ0) is 26.9. The maximum Gasteiger partial charge on any atom is 0.289 e. The molecule has 2 aromatic heterocycles. The normalized spacial score (nSPS) is 14.7. The second-order valence-corrected chi connectivity index (χ2v) is 9.25. The summed E-state index contributed by atoms with van der Waals surface area (Å²) in [5.74, 6) is -3.40. The summed E-state index contributed by atoms with van der Waals surface area (Å²) in [5, 5.41) is 13.7. The number of aliphatic carboxylic acids is 1. The molecule has 1 aliphatic rings. The van der Waals surface area contributed by atoms with E-state index in [4.69, 9.17) is 4.42 Å². The largest absolute Gasteiger partial charge is 0.548 e. The summed E-state index contributed by atoms with van der Waals surface area (Å²) in [6, 6.07) is 4.63. The molecule has 0 radical (unpaired) electrons. The molecule has 0 aliphatic carbocycles. The van der Waals surface area contributed by atoms with Gasteiger partial charge in [0.2, 0.25) is 5.43 Å². The number of carboxylic acids is 1. The average molecular weight is 512 g/mol. The second kappa shape index (κ2) is 10.5. The zero-order valence-corrected chi connectivity index (χ0v) is 20.8. The predicted octanol–water partition coefficient (Wildman–Crippen LogP) is 1.22. The SMILES string of the molecule is CCn1cc(C(=O)N[C@@H](C(=O)[O-])C(C)C)c(=O)c2cc(F)c(N3CCN(C(=O)c4ccco4)CC3)cc21. The van der Waals surface area contributed by atoms with Crippen molar-refractivity contribution < 1.29 is 28.3 Å². The minimum atomic E-state index is -1.46. The lowest BCUT2D eigenvalue weighted by Gasteiger charge is -2.36. The van der Waals surface area contributed by atoms with Crippen molar-refractivity contribution in [3.63, 3.8) is 0 Å². The number of pyridine rings is 1. The molecule has 1 saturated heterocycles. The molecule has 0 spiro atoms. The van der Waals surface area contributed by atoms with E-state index in [0.717, 1.165) is 6.07 Å². The molecule has 3 aromatic rings. The Balaban J connectivity index is 1.62. The smallest absolute Gasteiger partial charge is 0.289 e. The Morgan fingerprint density at radius 1 is 1.16 bits per heavy atom. The highest BCUT2D eigenvalue weighted by Crippen LogP contribution is 2.27. The fraction of sp³-hybridized carbons (Fsp3) is 0.385. The molecule has 0 saturated carbocycles. The van der Waals surface area contributed by atoms with Crippen molar-refractivity contribution in [3.8, 4) is 0 Å². The standard InChI is InChI=1S/C26H29FN4O6/c1-4-29-14-17(24(33)28-22(15(2)3)26(35)36)23(32)16-12-18(27)20(13-19(16)29)30-7-9-31(10-8-30)25(34)21-6-5-11-37-21/h5-6,11-15,22H,4,7-10H2,1-3H3,(H,28,33)(H,35,36)/p-1/t22-/m1/s1. The van der Waals surface area contributed by atoms with Crippen molar-refractivity contribution in [3.05, 3.63) is 64.1 Å². The molecule has 2 amide bonds. The van der Waals surface area contributed by atoms with Crippen molar-refractivity contribution in [2.45, 2.75) is 33.4 Å². The van der Waals surface area contributed by atoms with E-state index in [1.54, 1.807) is 46.4 Å². The number of anilines is 1. The van der Waals surface area contributed by atoms with Gasteiger partial charge in [0.15, 0.2) is 5.76 Å². The van der Waals surface area contributed by atoms with Gasteiger partial charge in [0.1, 0.15) is 11.4 Å². The van der Waals surface area contributed by atoms with Crippen molar-refractivity contribution in [2.24, 2.45) is 5.92 Å². The van der Waals surface area contributed by atoms with Crippen LogP contribution in [0.3, 0.4) is 0 Å². The monoisotopic (exact) mass is 511 g/mol. The highest BCUT2D eigenvalue weighted by molar-refractivity contribution is 5.99. The maximum atomic E-state index is 15.3. The third-order valence-electron chi connectivity index (χ3n) is 6.58. The van der Waals surface area contributed by atoms with Gasteiger partial charge in [0, 0.05) is 44.3 Å². The van der Waals surface area contributed by atoms with Crippen LogP contribution in [-0.4, -0.2) is 59.5 Å². The van der Waals surface area contributed by atoms with Crippen LogP contribution >= 0.6 is 0 Å². The number of hydrogen-bond acceptors (Lipinski definition) is 7. The fourth-order valence-corrected chi connectivity index (χ4v) is 4.49. The molecule has 11 heteroatoms. The van der Waals surface area contributed by atoms with E-state index < -0.39 is 35.1 Å². The number of furan rings is 1. The van der Waals surface area contributed by atoms with Crippen LogP contribution in [0.2, 0.25) is 0 Å². The minimum Gasteiger partial charge on any atom is -0.548 e. The molecular weight excluding hydrogens is 483 g/mol. The Labute approximate surface area is 212 Å². The van der Waals surface area contributed by atoms with E-state index in [2.05, 4.69) is 5.32 Å². The van der Waals surface area contributed by atoms with Gasteiger partial charge in [-0.3, -0.25) is 14.4 Å². The van der Waals surface area contributed by atoms with Gasteiger partial charge in [-0.1, -0.05) is 13.8 Å². The van der Waals surface area contributed by atoms with Crippen LogP contribution in [0.4, 0.5) is 10.1 Å². The summed E-state index contributed by atoms with van der Waals surface area (Å²) < 4.78 is 22.1. The highest BCUT2D eigenvalue weighted by atomic mass is 19.1. The molecular formula is C26H28FN4O6-. The molecule has 1 N–H and O–H groups in total. The number of carbonyl (C=O) groups is 3. The first-order valence-corrected chi connectivity index (χ1v) is 12.1. The Morgan fingerprint density at radius 2 is 1.86 bits per heavy atom. The van der Waals surface area contributed by atoms with Gasteiger partial charge in [-0.05, 0) is 37.1 Å². The number of nitrogens with zero attached hydrogens (tertiary/aromatic N) is 3. The lowest BCUT2D eigenvalue weighted by molar-refractivity contribution is -0.309. The predicted molar refractivity (Wildman–Crippen MR) is 132 cm³/mol. The Hall–Kier alpha value is -4.15. The van der Waals surface area contributed by atoms with Crippen LogP contribution < -0.4 is 20.8 Å². The van der Waals surface area contributed by atoms with Crippen molar-refractivity contribution in [1.82, 2.24) is 14.8 Å². The Bertz CT molecular complexity index is 1390. The summed E-state index contributed by atoms with van der Waals surface area (Å²) in [6.45, 7) is 6.90. The summed E-state index contributed by atoms with van der Waals surface area (Å²) in [5.41, 5.74) is -0.251. The van der Waals surface area contributed by atoms with E-state index in [1.165, 1.54) is 12.5 Å². The van der Waals surface area contributed by atoms with E-state index in [0.29, 0.717) is 38.2 Å². The van der Waals surface area contributed by atoms with Crippen LogP contribution in [-0.2, 0) is 11.3 Å². The number of benzene rings is 1. The van der Waals surface area contributed by atoms with Crippen LogP contribution in [0, 0.1) is 11.7 Å². The molecule has 1 fully saturated rings. The molecule has 4 rings (SSSR count). The number of aromatic nitrogens is 1. The number of amides is 2. The molecule has 37 heavy (non-hydrogen) atoms. The Kier molecular flexibility index (Phi) is 7.33. The minimum absolute atomic E-state index is 0.0110. The van der Waals surface area contributed by atoms with E-state index in [9.17, 15) is 24.3 Å². The first-order chi connectivity index (χ1) is 17.6. The summed E-state index contributed by atoms with van der Waals surface area (Å²) >= 11 is 0. The number of piperazine rings is 1. The van der Waals surface area contributed by atoms with Gasteiger partial charge in [-0.25, -0.2) is 4.39 Å². The third kappa shape index (κ3) is 5.07. The highest BCUT2D eigenvalue weighted by Gasteiger charge is 2.27. The molecule has 10 nitrogen and oxygen atoms in total. The van der Waals surface area contributed by atoms with E-state index >= 15 is 4.39 Å². The number of nitrogens with one attached hydrogen (secondary N) is 1. The van der Waals surface area contributed by atoms with Crippen LogP contribution in [0.1, 0.15) is 41.7 Å². The number of rotatable bonds is 7. The van der Waals surface area contributed by atoms with Crippen molar-refractivity contribution in [2.75, 3.05) is 31.1 Å². The van der Waals surface area contributed by atoms with E-state index in [1.807, 2.05) is 6.92 Å². The van der Waals surface area contributed by atoms with Gasteiger partial charge in [-0.15, -0.1) is 0 Å². The fourth-order valence-electron chi connectivity index (χ4n) is 4.49. The second-order valence-electron chi connectivity index (χ2n) is 9.25. The zero-order valence-electron chi connectivity index (χ0n) is 20.8. The molecule has 1 atom stereocenters. The maximum absolute atomic E-state index is 15.3. The molecule has 196 valence electrons. The quantitative estimate of drug-likeness (QED) is 0.505. The molecule has 0 bridgehead atoms. The van der Waals surface area contributed by atoms with Crippen molar-refractivity contribution in [1.29, 1.82) is 0 Å². The van der Waals surface area contributed by atoms with Gasteiger partial charge >= 0.3 is 0 Å². The van der Waals surface area contributed by atoms with Gasteiger partial charge < -0.3 is 34.0 Å². The van der Waals surface area contributed by atoms with E-state index in [-0.39, 0.29) is 28.3 Å². The number of carbonyl (C=O) groups excluding carboxylic acids is 3. The number of aryl methyl sites for hydroxylation is 1. The average Bonchev–Trinajstić information content (AvgIpc) is 3.42. The molecule has 1 aliphatic heterocycles.